The molecule has 82 valence electrons. The molecule has 4 aliphatic carbocycles. The average molecular weight is 239 g/mol. The van der Waals surface area contributed by atoms with Gasteiger partial charge in [0.1, 0.15) is 0 Å². The molecule has 4 aliphatic rings. The van der Waals surface area contributed by atoms with Gasteiger partial charge >= 0.3 is 0 Å². The first-order valence-corrected chi connectivity index (χ1v) is 6.30. The van der Waals surface area contributed by atoms with E-state index in [9.17, 15) is 8.42 Å². The molecule has 0 aromatic rings. The Hall–Kier alpha value is 0.160. The Bertz CT molecular complexity index is 344. The smallest absolute Gasteiger partial charge is 0.214 e. The van der Waals surface area contributed by atoms with E-state index in [4.69, 9.17) is 5.73 Å². The van der Waals surface area contributed by atoms with E-state index in [1.165, 1.54) is 0 Å². The standard InChI is InChI=1S/C8H14N2O2S.ClH/c9-7-3-8(4-7,5-7)10-13(11,12)6-1-2-6;/h6,10H,1-5,9H2;1H. The molecule has 0 heterocycles. The quantitative estimate of drug-likeness (QED) is 0.734. The second-order valence-corrected chi connectivity index (χ2v) is 6.98. The predicted molar refractivity (Wildman–Crippen MR) is 55.8 cm³/mol. The van der Waals surface area contributed by atoms with Gasteiger partial charge in [0.25, 0.3) is 0 Å². The summed E-state index contributed by atoms with van der Waals surface area (Å²) in [5, 5.41) is -0.102. The zero-order chi connectivity index (χ0) is 9.32. The van der Waals surface area contributed by atoms with E-state index >= 15 is 0 Å². The number of hydrogen-bond donors (Lipinski definition) is 2. The molecule has 0 atom stereocenters. The summed E-state index contributed by atoms with van der Waals surface area (Å²) in [6, 6.07) is 0. The summed E-state index contributed by atoms with van der Waals surface area (Å²) in [5.41, 5.74) is 5.70. The molecule has 0 aromatic carbocycles. The van der Waals surface area contributed by atoms with Crippen LogP contribution in [-0.2, 0) is 10.0 Å². The molecule has 0 unspecified atom stereocenters. The normalized spacial score (nSPS) is 44.6. The van der Waals surface area contributed by atoms with Crippen LogP contribution in [0.1, 0.15) is 32.1 Å². The van der Waals surface area contributed by atoms with E-state index in [2.05, 4.69) is 4.72 Å². The summed E-state index contributed by atoms with van der Waals surface area (Å²) in [7, 11) is -3.00. The van der Waals surface area contributed by atoms with Crippen molar-refractivity contribution < 1.29 is 8.42 Å². The lowest BCUT2D eigenvalue weighted by atomic mass is 9.45. The summed E-state index contributed by atoms with van der Waals surface area (Å²) in [5.74, 6) is 0. The van der Waals surface area contributed by atoms with Crippen LogP contribution in [0.5, 0.6) is 0 Å². The van der Waals surface area contributed by atoms with Gasteiger partial charge in [-0.1, -0.05) is 0 Å². The predicted octanol–water partition coefficient (Wildman–Crippen LogP) is 0.124. The fourth-order valence-corrected chi connectivity index (χ4v) is 4.48. The van der Waals surface area contributed by atoms with Gasteiger partial charge in [0.2, 0.25) is 10.0 Å². The van der Waals surface area contributed by atoms with Gasteiger partial charge in [0.15, 0.2) is 0 Å². The summed E-state index contributed by atoms with van der Waals surface area (Å²) in [6.45, 7) is 0. The Morgan fingerprint density at radius 3 is 2.07 bits per heavy atom. The van der Waals surface area contributed by atoms with Crippen molar-refractivity contribution in [3.8, 4) is 0 Å². The fraction of sp³-hybridized carbons (Fsp3) is 1.00. The van der Waals surface area contributed by atoms with Crippen molar-refractivity contribution in [2.45, 2.75) is 48.4 Å². The van der Waals surface area contributed by atoms with Crippen LogP contribution in [0.25, 0.3) is 0 Å². The van der Waals surface area contributed by atoms with Gasteiger partial charge in [-0.15, -0.1) is 12.4 Å². The molecule has 4 rings (SSSR count). The van der Waals surface area contributed by atoms with E-state index in [0.29, 0.717) is 0 Å². The van der Waals surface area contributed by atoms with Crippen molar-refractivity contribution in [1.29, 1.82) is 0 Å². The lowest BCUT2D eigenvalue weighted by Crippen LogP contribution is -2.82. The first kappa shape index (κ1) is 10.7. The molecule has 4 fully saturated rings. The maximum Gasteiger partial charge on any atom is 0.214 e. The molecule has 0 amide bonds. The highest BCUT2D eigenvalue weighted by Crippen LogP contribution is 2.59. The van der Waals surface area contributed by atoms with Crippen molar-refractivity contribution in [1.82, 2.24) is 4.72 Å². The Kier molecular flexibility index (Phi) is 2.01. The number of sulfonamides is 1. The van der Waals surface area contributed by atoms with Crippen LogP contribution in [0, 0.1) is 0 Å². The largest absolute Gasteiger partial charge is 0.325 e. The van der Waals surface area contributed by atoms with Crippen LogP contribution >= 0.6 is 12.4 Å². The van der Waals surface area contributed by atoms with Gasteiger partial charge in [-0.2, -0.15) is 0 Å². The van der Waals surface area contributed by atoms with E-state index in [1.807, 2.05) is 0 Å². The molecule has 14 heavy (non-hydrogen) atoms. The minimum absolute atomic E-state index is 0. The lowest BCUT2D eigenvalue weighted by molar-refractivity contribution is -0.0619. The summed E-state index contributed by atoms with van der Waals surface area (Å²) >= 11 is 0. The average Bonchev–Trinajstić information content (AvgIpc) is 2.59. The van der Waals surface area contributed by atoms with Crippen LogP contribution in [-0.4, -0.2) is 24.7 Å². The topological polar surface area (TPSA) is 72.2 Å². The highest BCUT2D eigenvalue weighted by Gasteiger charge is 2.67. The van der Waals surface area contributed by atoms with Crippen LogP contribution in [0.2, 0.25) is 0 Å². The number of nitrogens with one attached hydrogen (secondary N) is 1. The van der Waals surface area contributed by atoms with Crippen molar-refractivity contribution in [3.63, 3.8) is 0 Å². The maximum absolute atomic E-state index is 11.6. The van der Waals surface area contributed by atoms with E-state index in [0.717, 1.165) is 32.1 Å². The Morgan fingerprint density at radius 1 is 1.21 bits per heavy atom. The van der Waals surface area contributed by atoms with Crippen molar-refractivity contribution in [2.75, 3.05) is 0 Å². The van der Waals surface area contributed by atoms with Gasteiger partial charge in [-0.05, 0) is 32.1 Å². The molecular formula is C8H15ClN2O2S. The number of hydrogen-bond acceptors (Lipinski definition) is 3. The molecule has 0 spiro atoms. The lowest BCUT2D eigenvalue weighted by Gasteiger charge is -2.68. The monoisotopic (exact) mass is 238 g/mol. The van der Waals surface area contributed by atoms with Crippen molar-refractivity contribution >= 4 is 22.4 Å². The number of rotatable bonds is 3. The minimum atomic E-state index is -3.00. The fourth-order valence-electron chi connectivity index (χ4n) is 2.74. The maximum atomic E-state index is 11.6. The van der Waals surface area contributed by atoms with E-state index in [-0.39, 0.29) is 28.7 Å². The van der Waals surface area contributed by atoms with Gasteiger partial charge in [0, 0.05) is 11.1 Å². The Labute approximate surface area is 90.1 Å². The first-order valence-electron chi connectivity index (χ1n) is 4.75. The Balaban J connectivity index is 0.000000750. The van der Waals surface area contributed by atoms with Gasteiger partial charge in [0.05, 0.1) is 5.25 Å². The number of halogens is 1. The van der Waals surface area contributed by atoms with Gasteiger partial charge in [-0.25, -0.2) is 13.1 Å². The van der Waals surface area contributed by atoms with Crippen LogP contribution in [0.4, 0.5) is 0 Å². The highest BCUT2D eigenvalue weighted by molar-refractivity contribution is 7.90. The summed E-state index contributed by atoms with van der Waals surface area (Å²) in [4.78, 5) is 0. The molecule has 2 bridgehead atoms. The van der Waals surface area contributed by atoms with Crippen LogP contribution in [0.15, 0.2) is 0 Å². The molecule has 0 aromatic heterocycles. The summed E-state index contributed by atoms with van der Waals surface area (Å²) < 4.78 is 26.0. The van der Waals surface area contributed by atoms with Gasteiger partial charge in [-0.3, -0.25) is 0 Å². The Morgan fingerprint density at radius 2 is 1.71 bits per heavy atom. The summed E-state index contributed by atoms with van der Waals surface area (Å²) in [6.07, 6.45) is 4.18. The molecular weight excluding hydrogens is 224 g/mol. The van der Waals surface area contributed by atoms with E-state index in [1.54, 1.807) is 0 Å². The second-order valence-electron chi connectivity index (χ2n) is 5.02. The SMILES string of the molecule is Cl.NC12CC(NS(=O)(=O)C3CC3)(C1)C2. The third kappa shape index (κ3) is 1.38. The van der Waals surface area contributed by atoms with Crippen molar-refractivity contribution in [3.05, 3.63) is 0 Å². The third-order valence-corrected chi connectivity index (χ3v) is 5.46. The van der Waals surface area contributed by atoms with Crippen LogP contribution < -0.4 is 10.5 Å². The molecule has 6 heteroatoms. The molecule has 0 aliphatic heterocycles. The van der Waals surface area contributed by atoms with Crippen molar-refractivity contribution in [2.24, 2.45) is 5.73 Å². The highest BCUT2D eigenvalue weighted by atomic mass is 35.5. The molecule has 4 nitrogen and oxygen atoms in total. The minimum Gasteiger partial charge on any atom is -0.325 e. The first-order chi connectivity index (χ1) is 5.93. The molecule has 0 radical (unpaired) electrons. The van der Waals surface area contributed by atoms with E-state index < -0.39 is 10.0 Å². The number of nitrogens with two attached hydrogens (primary N) is 1. The second kappa shape index (κ2) is 2.64. The third-order valence-electron chi connectivity index (χ3n) is 3.39. The molecule has 4 saturated carbocycles. The molecule has 0 saturated heterocycles. The molecule has 3 N–H and O–H groups in total. The zero-order valence-electron chi connectivity index (χ0n) is 7.82. The van der Waals surface area contributed by atoms with Crippen LogP contribution in [0.3, 0.4) is 0 Å². The van der Waals surface area contributed by atoms with Gasteiger partial charge < -0.3 is 5.73 Å². The zero-order valence-corrected chi connectivity index (χ0v) is 9.46.